The Labute approximate surface area is 133 Å². The Bertz CT molecular complexity index is 674. The Kier molecular flexibility index (Phi) is 5.04. The normalized spacial score (nSPS) is 10.3. The lowest BCUT2D eigenvalue weighted by Gasteiger charge is -2.12. The quantitative estimate of drug-likeness (QED) is 0.877. The van der Waals surface area contributed by atoms with E-state index in [2.05, 4.69) is 15.6 Å². The smallest absolute Gasteiger partial charge is 0.259 e. The first kappa shape index (κ1) is 15.6. The maximum absolute atomic E-state index is 12.4. The molecule has 0 atom stereocenters. The second-order valence-electron chi connectivity index (χ2n) is 4.48. The van der Waals surface area contributed by atoms with Gasteiger partial charge in [-0.2, -0.15) is 0 Å². The summed E-state index contributed by atoms with van der Waals surface area (Å²) < 4.78 is 0. The largest absolute Gasteiger partial charge is 0.385 e. The molecule has 1 heterocycles. The molecule has 6 heteroatoms. The highest BCUT2D eigenvalue weighted by atomic mass is 35.5. The van der Waals surface area contributed by atoms with E-state index in [-0.39, 0.29) is 5.91 Å². The molecule has 1 amide bonds. The van der Waals surface area contributed by atoms with Gasteiger partial charge in [-0.05, 0) is 38.1 Å². The average Bonchev–Trinajstić information content (AvgIpc) is 2.43. The molecule has 2 N–H and O–H groups in total. The lowest BCUT2D eigenvalue weighted by Crippen LogP contribution is -2.15. The highest BCUT2D eigenvalue weighted by Crippen LogP contribution is 2.26. The Morgan fingerprint density at radius 3 is 2.67 bits per heavy atom. The fourth-order valence-corrected chi connectivity index (χ4v) is 2.15. The molecule has 0 aliphatic carbocycles. The van der Waals surface area contributed by atoms with Gasteiger partial charge in [0.15, 0.2) is 0 Å². The van der Waals surface area contributed by atoms with Gasteiger partial charge in [-0.1, -0.05) is 23.2 Å². The van der Waals surface area contributed by atoms with Gasteiger partial charge in [0.1, 0.15) is 0 Å². The van der Waals surface area contributed by atoms with Crippen LogP contribution in [0.25, 0.3) is 0 Å². The first-order valence-corrected chi connectivity index (χ1v) is 7.23. The van der Waals surface area contributed by atoms with Crippen molar-refractivity contribution in [3.8, 4) is 0 Å². The van der Waals surface area contributed by atoms with Crippen LogP contribution >= 0.6 is 23.2 Å². The van der Waals surface area contributed by atoms with E-state index in [0.29, 0.717) is 21.3 Å². The lowest BCUT2D eigenvalue weighted by atomic mass is 10.2. The van der Waals surface area contributed by atoms with Crippen molar-refractivity contribution in [1.82, 2.24) is 4.98 Å². The van der Waals surface area contributed by atoms with E-state index in [0.717, 1.165) is 17.9 Å². The van der Waals surface area contributed by atoms with Gasteiger partial charge >= 0.3 is 0 Å². The summed E-state index contributed by atoms with van der Waals surface area (Å²) in [5.41, 5.74) is 2.66. The molecule has 21 heavy (non-hydrogen) atoms. The molecule has 0 fully saturated rings. The third-order valence-corrected chi connectivity index (χ3v) is 3.57. The van der Waals surface area contributed by atoms with Crippen LogP contribution in [0.1, 0.15) is 23.0 Å². The Balaban J connectivity index is 2.25. The molecule has 1 aromatic heterocycles. The van der Waals surface area contributed by atoms with E-state index < -0.39 is 0 Å². The fraction of sp³-hybridized carbons (Fsp3) is 0.200. The molecule has 2 rings (SSSR count). The van der Waals surface area contributed by atoms with Crippen molar-refractivity contribution in [2.24, 2.45) is 0 Å². The lowest BCUT2D eigenvalue weighted by molar-refractivity contribution is 0.102. The molecule has 0 saturated heterocycles. The van der Waals surface area contributed by atoms with Crippen LogP contribution in [0.3, 0.4) is 0 Å². The third-order valence-electron chi connectivity index (χ3n) is 2.83. The summed E-state index contributed by atoms with van der Waals surface area (Å²) in [6, 6.07) is 6.78. The summed E-state index contributed by atoms with van der Waals surface area (Å²) in [6.45, 7) is 4.56. The summed E-state index contributed by atoms with van der Waals surface area (Å²) in [5, 5.41) is 6.78. The number of anilines is 2. The molecule has 0 spiro atoms. The van der Waals surface area contributed by atoms with Crippen molar-refractivity contribution in [3.63, 3.8) is 0 Å². The van der Waals surface area contributed by atoms with Gasteiger partial charge in [-0.25, -0.2) is 0 Å². The SMILES string of the molecule is CCNc1cc(C)ncc1C(=O)Nc1ccc(Cl)c(Cl)c1. The van der Waals surface area contributed by atoms with E-state index in [1.807, 2.05) is 19.9 Å². The minimum atomic E-state index is -0.253. The number of aromatic nitrogens is 1. The van der Waals surface area contributed by atoms with Gasteiger partial charge in [0, 0.05) is 24.1 Å². The summed E-state index contributed by atoms with van der Waals surface area (Å²) in [5.74, 6) is -0.253. The maximum atomic E-state index is 12.4. The zero-order valence-corrected chi connectivity index (χ0v) is 13.2. The number of halogens is 2. The number of hydrogen-bond donors (Lipinski definition) is 2. The molecular formula is C15H15Cl2N3O. The van der Waals surface area contributed by atoms with E-state index in [1.165, 1.54) is 0 Å². The first-order valence-electron chi connectivity index (χ1n) is 6.48. The summed E-state index contributed by atoms with van der Waals surface area (Å²) in [7, 11) is 0. The molecule has 110 valence electrons. The zero-order valence-electron chi connectivity index (χ0n) is 11.7. The van der Waals surface area contributed by atoms with Crippen molar-refractivity contribution in [1.29, 1.82) is 0 Å². The molecule has 0 aliphatic rings. The van der Waals surface area contributed by atoms with E-state index in [1.54, 1.807) is 24.4 Å². The number of carbonyl (C=O) groups is 1. The molecule has 0 saturated carbocycles. The Morgan fingerprint density at radius 1 is 1.24 bits per heavy atom. The molecule has 2 aromatic rings. The number of amides is 1. The molecule has 4 nitrogen and oxygen atoms in total. The van der Waals surface area contributed by atoms with Gasteiger partial charge in [-0.3, -0.25) is 9.78 Å². The number of hydrogen-bond acceptors (Lipinski definition) is 3. The molecule has 0 aliphatic heterocycles. The summed E-state index contributed by atoms with van der Waals surface area (Å²) >= 11 is 11.8. The van der Waals surface area contributed by atoms with Crippen molar-refractivity contribution in [2.45, 2.75) is 13.8 Å². The van der Waals surface area contributed by atoms with Crippen LogP contribution in [0.2, 0.25) is 10.0 Å². The topological polar surface area (TPSA) is 54.0 Å². The van der Waals surface area contributed by atoms with Crippen LogP contribution in [0.4, 0.5) is 11.4 Å². The van der Waals surface area contributed by atoms with Crippen LogP contribution in [0, 0.1) is 6.92 Å². The average molecular weight is 324 g/mol. The number of nitrogens with one attached hydrogen (secondary N) is 2. The molecule has 0 radical (unpaired) electrons. The zero-order chi connectivity index (χ0) is 15.4. The fourth-order valence-electron chi connectivity index (χ4n) is 1.85. The van der Waals surface area contributed by atoms with E-state index >= 15 is 0 Å². The number of pyridine rings is 1. The second-order valence-corrected chi connectivity index (χ2v) is 5.30. The highest BCUT2D eigenvalue weighted by molar-refractivity contribution is 6.42. The molecule has 0 unspecified atom stereocenters. The van der Waals surface area contributed by atoms with Crippen LogP contribution in [-0.4, -0.2) is 17.4 Å². The van der Waals surface area contributed by atoms with E-state index in [4.69, 9.17) is 23.2 Å². The number of aryl methyl sites for hydroxylation is 1. The number of carbonyl (C=O) groups excluding carboxylic acids is 1. The predicted molar refractivity (Wildman–Crippen MR) is 87.6 cm³/mol. The van der Waals surface area contributed by atoms with Crippen molar-refractivity contribution in [3.05, 3.63) is 51.8 Å². The number of benzene rings is 1. The number of rotatable bonds is 4. The highest BCUT2D eigenvalue weighted by Gasteiger charge is 2.13. The van der Waals surface area contributed by atoms with Gasteiger partial charge < -0.3 is 10.6 Å². The standard InChI is InChI=1S/C15H15Cl2N3O/c1-3-18-14-6-9(2)19-8-11(14)15(21)20-10-4-5-12(16)13(17)7-10/h4-8H,3H2,1-2H3,(H,18,19)(H,20,21). The van der Waals surface area contributed by atoms with Gasteiger partial charge in [0.05, 0.1) is 21.3 Å². The molecular weight excluding hydrogens is 309 g/mol. The third kappa shape index (κ3) is 3.86. The summed E-state index contributed by atoms with van der Waals surface area (Å²) in [6.07, 6.45) is 1.56. The minimum absolute atomic E-state index is 0.253. The van der Waals surface area contributed by atoms with Gasteiger partial charge in [-0.15, -0.1) is 0 Å². The monoisotopic (exact) mass is 323 g/mol. The number of nitrogens with zero attached hydrogens (tertiary/aromatic N) is 1. The summed E-state index contributed by atoms with van der Waals surface area (Å²) in [4.78, 5) is 16.5. The molecule has 1 aromatic carbocycles. The van der Waals surface area contributed by atoms with Crippen molar-refractivity contribution in [2.75, 3.05) is 17.2 Å². The Morgan fingerprint density at radius 2 is 2.00 bits per heavy atom. The Hall–Kier alpha value is -1.78. The van der Waals surface area contributed by atoms with Crippen LogP contribution in [-0.2, 0) is 0 Å². The van der Waals surface area contributed by atoms with Crippen molar-refractivity contribution < 1.29 is 4.79 Å². The van der Waals surface area contributed by atoms with E-state index in [9.17, 15) is 4.79 Å². The van der Waals surface area contributed by atoms with Crippen LogP contribution < -0.4 is 10.6 Å². The predicted octanol–water partition coefficient (Wildman–Crippen LogP) is 4.38. The van der Waals surface area contributed by atoms with Crippen LogP contribution in [0.15, 0.2) is 30.5 Å². The van der Waals surface area contributed by atoms with Gasteiger partial charge in [0.25, 0.3) is 5.91 Å². The van der Waals surface area contributed by atoms with Gasteiger partial charge in [0.2, 0.25) is 0 Å². The van der Waals surface area contributed by atoms with Crippen LogP contribution in [0.5, 0.6) is 0 Å². The maximum Gasteiger partial charge on any atom is 0.259 e. The van der Waals surface area contributed by atoms with Crippen molar-refractivity contribution >= 4 is 40.5 Å². The minimum Gasteiger partial charge on any atom is -0.385 e. The molecule has 0 bridgehead atoms. The first-order chi connectivity index (χ1) is 10.0. The second kappa shape index (κ2) is 6.78.